The van der Waals surface area contributed by atoms with Gasteiger partial charge in [-0.3, -0.25) is 14.2 Å². The van der Waals surface area contributed by atoms with Crippen LogP contribution < -0.4 is 10.9 Å². The van der Waals surface area contributed by atoms with E-state index >= 15 is 0 Å². The molecular formula is C22H19F2N5O2. The number of benzene rings is 2. The maximum absolute atomic E-state index is 13.3. The summed E-state index contributed by atoms with van der Waals surface area (Å²) < 4.78 is 29.3. The van der Waals surface area contributed by atoms with Crippen molar-refractivity contribution in [3.8, 4) is 0 Å². The smallest absolute Gasteiger partial charge is 0.264 e. The molecule has 0 aliphatic rings. The number of rotatable bonds is 6. The Morgan fingerprint density at radius 1 is 1.13 bits per heavy atom. The van der Waals surface area contributed by atoms with Gasteiger partial charge in [0.05, 0.1) is 19.3 Å². The molecule has 4 rings (SSSR count). The molecule has 0 atom stereocenters. The van der Waals surface area contributed by atoms with Gasteiger partial charge in [-0.15, -0.1) is 0 Å². The monoisotopic (exact) mass is 423 g/mol. The Balaban J connectivity index is 1.46. The molecule has 0 saturated heterocycles. The van der Waals surface area contributed by atoms with E-state index < -0.39 is 17.5 Å². The van der Waals surface area contributed by atoms with E-state index in [0.717, 1.165) is 23.3 Å². The van der Waals surface area contributed by atoms with Gasteiger partial charge in [0, 0.05) is 12.1 Å². The third-order valence-corrected chi connectivity index (χ3v) is 5.02. The highest BCUT2D eigenvalue weighted by Crippen LogP contribution is 2.11. The number of carbonyl (C=O) groups is 1. The lowest BCUT2D eigenvalue weighted by molar-refractivity contribution is 0.0951. The van der Waals surface area contributed by atoms with Gasteiger partial charge in [-0.1, -0.05) is 24.3 Å². The summed E-state index contributed by atoms with van der Waals surface area (Å²) in [6.07, 6.45) is 2.94. The molecule has 2 aromatic heterocycles. The van der Waals surface area contributed by atoms with Crippen LogP contribution >= 0.6 is 0 Å². The van der Waals surface area contributed by atoms with Gasteiger partial charge < -0.3 is 5.32 Å². The predicted octanol–water partition coefficient (Wildman–Crippen LogP) is 2.66. The van der Waals surface area contributed by atoms with Crippen molar-refractivity contribution in [1.29, 1.82) is 0 Å². The van der Waals surface area contributed by atoms with Crippen LogP contribution in [0.1, 0.15) is 21.5 Å². The molecule has 1 N–H and O–H groups in total. The zero-order valence-corrected chi connectivity index (χ0v) is 16.7. The van der Waals surface area contributed by atoms with Gasteiger partial charge >= 0.3 is 0 Å². The molecule has 1 amide bonds. The van der Waals surface area contributed by atoms with Gasteiger partial charge in [-0.05, 0) is 36.2 Å². The minimum absolute atomic E-state index is 0.0152. The zero-order valence-electron chi connectivity index (χ0n) is 16.7. The summed E-state index contributed by atoms with van der Waals surface area (Å²) in [6.45, 7) is 2.82. The molecule has 0 unspecified atom stereocenters. The van der Waals surface area contributed by atoms with Gasteiger partial charge in [0.25, 0.3) is 11.5 Å². The van der Waals surface area contributed by atoms with Gasteiger partial charge in [0.15, 0.2) is 17.3 Å². The van der Waals surface area contributed by atoms with Crippen LogP contribution in [0.25, 0.3) is 11.0 Å². The fourth-order valence-electron chi connectivity index (χ4n) is 3.26. The van der Waals surface area contributed by atoms with Crippen LogP contribution in [0.15, 0.2) is 59.8 Å². The Kier molecular flexibility index (Phi) is 5.57. The first kappa shape index (κ1) is 20.4. The molecule has 9 heteroatoms. The number of fused-ring (bicyclic) bond motifs is 1. The highest BCUT2D eigenvalue weighted by molar-refractivity contribution is 5.94. The maximum Gasteiger partial charge on any atom is 0.264 e. The van der Waals surface area contributed by atoms with Crippen LogP contribution in [-0.4, -0.2) is 31.8 Å². The van der Waals surface area contributed by atoms with Crippen molar-refractivity contribution >= 4 is 16.9 Å². The van der Waals surface area contributed by atoms with E-state index in [2.05, 4.69) is 15.4 Å². The third kappa shape index (κ3) is 4.20. The molecular weight excluding hydrogens is 404 g/mol. The van der Waals surface area contributed by atoms with E-state index in [9.17, 15) is 18.4 Å². The van der Waals surface area contributed by atoms with Crippen molar-refractivity contribution in [2.24, 2.45) is 0 Å². The first-order chi connectivity index (χ1) is 14.9. The molecule has 0 fully saturated rings. The lowest BCUT2D eigenvalue weighted by Gasteiger charge is -2.09. The average molecular weight is 423 g/mol. The van der Waals surface area contributed by atoms with E-state index in [-0.39, 0.29) is 24.2 Å². The lowest BCUT2D eigenvalue weighted by Crippen LogP contribution is -2.28. The summed E-state index contributed by atoms with van der Waals surface area (Å²) in [7, 11) is 0. The second-order valence-electron chi connectivity index (χ2n) is 7.09. The fraction of sp³-hybridized carbons (Fsp3) is 0.182. The minimum atomic E-state index is -1.09. The van der Waals surface area contributed by atoms with Crippen molar-refractivity contribution in [3.63, 3.8) is 0 Å². The van der Waals surface area contributed by atoms with E-state index in [1.165, 1.54) is 27.8 Å². The molecule has 0 aliphatic heterocycles. The molecule has 0 spiro atoms. The molecule has 0 radical (unpaired) electrons. The highest BCUT2D eigenvalue weighted by atomic mass is 19.2. The Bertz CT molecular complexity index is 1330. The molecule has 4 aromatic rings. The Hall–Kier alpha value is -3.88. The first-order valence-electron chi connectivity index (χ1n) is 9.63. The Morgan fingerprint density at radius 2 is 1.94 bits per heavy atom. The van der Waals surface area contributed by atoms with Gasteiger partial charge in [0.1, 0.15) is 11.7 Å². The largest absolute Gasteiger partial charge is 0.350 e. The molecule has 0 bridgehead atoms. The molecule has 7 nitrogen and oxygen atoms in total. The highest BCUT2D eigenvalue weighted by Gasteiger charge is 2.12. The second kappa shape index (κ2) is 8.47. The number of nitrogens with one attached hydrogen (secondary N) is 1. The number of halogens is 2. The first-order valence-corrected chi connectivity index (χ1v) is 9.63. The molecule has 158 valence electrons. The molecule has 0 saturated carbocycles. The van der Waals surface area contributed by atoms with Gasteiger partial charge in [-0.2, -0.15) is 5.10 Å². The predicted molar refractivity (Wildman–Crippen MR) is 111 cm³/mol. The normalized spacial score (nSPS) is 11.1. The summed E-state index contributed by atoms with van der Waals surface area (Å²) >= 11 is 0. The standard InChI is InChI=1S/C22H19F2N5O2/c1-14-4-2-3-5-16(14)12-28-13-26-20-17(22(28)31)11-27-29(20)9-8-25-21(30)15-6-7-18(23)19(24)10-15/h2-7,10-11,13H,8-9,12H2,1H3,(H,25,30). The van der Waals surface area contributed by atoms with Gasteiger partial charge in [0.2, 0.25) is 0 Å². The van der Waals surface area contributed by atoms with Crippen LogP contribution in [0, 0.1) is 18.6 Å². The third-order valence-electron chi connectivity index (χ3n) is 5.02. The number of carbonyl (C=O) groups excluding carboxylic acids is 1. The number of nitrogens with zero attached hydrogens (tertiary/aromatic N) is 4. The van der Waals surface area contributed by atoms with Crippen molar-refractivity contribution in [1.82, 2.24) is 24.6 Å². The number of aromatic nitrogens is 4. The van der Waals surface area contributed by atoms with Crippen LogP contribution in [-0.2, 0) is 13.1 Å². The quantitative estimate of drug-likeness (QED) is 0.517. The van der Waals surface area contributed by atoms with Crippen LogP contribution in [0.2, 0.25) is 0 Å². The van der Waals surface area contributed by atoms with Crippen LogP contribution in [0.5, 0.6) is 0 Å². The minimum Gasteiger partial charge on any atom is -0.350 e. The summed E-state index contributed by atoms with van der Waals surface area (Å²) in [5.74, 6) is -2.64. The summed E-state index contributed by atoms with van der Waals surface area (Å²) in [5, 5.41) is 7.19. The molecule has 31 heavy (non-hydrogen) atoms. The number of hydrogen-bond donors (Lipinski definition) is 1. The van der Waals surface area contributed by atoms with Gasteiger partial charge in [-0.25, -0.2) is 18.4 Å². The molecule has 0 aliphatic carbocycles. The van der Waals surface area contributed by atoms with Crippen molar-refractivity contribution in [3.05, 3.63) is 93.7 Å². The summed E-state index contributed by atoms with van der Waals surface area (Å²) in [6, 6.07) is 10.8. The fourth-order valence-corrected chi connectivity index (χ4v) is 3.26. The molecule has 2 heterocycles. The van der Waals surface area contributed by atoms with Crippen molar-refractivity contribution < 1.29 is 13.6 Å². The summed E-state index contributed by atoms with van der Waals surface area (Å²) in [4.78, 5) is 29.3. The van der Waals surface area contributed by atoms with Crippen molar-refractivity contribution in [2.45, 2.75) is 20.0 Å². The van der Waals surface area contributed by atoms with E-state index in [4.69, 9.17) is 0 Å². The number of hydrogen-bond acceptors (Lipinski definition) is 4. The lowest BCUT2D eigenvalue weighted by atomic mass is 10.1. The SMILES string of the molecule is Cc1ccccc1Cn1cnc2c(cnn2CCNC(=O)c2ccc(F)c(F)c2)c1=O. The van der Waals surface area contributed by atoms with E-state index in [1.807, 2.05) is 31.2 Å². The van der Waals surface area contributed by atoms with Crippen LogP contribution in [0.3, 0.4) is 0 Å². The second-order valence-corrected chi connectivity index (χ2v) is 7.09. The molecule has 2 aromatic carbocycles. The summed E-state index contributed by atoms with van der Waals surface area (Å²) in [5.41, 5.74) is 2.33. The zero-order chi connectivity index (χ0) is 22.0. The Labute approximate surface area is 176 Å². The average Bonchev–Trinajstić information content (AvgIpc) is 3.17. The van der Waals surface area contributed by atoms with Crippen LogP contribution in [0.4, 0.5) is 8.78 Å². The number of aryl methyl sites for hydroxylation is 1. The van der Waals surface area contributed by atoms with E-state index in [0.29, 0.717) is 17.6 Å². The van der Waals surface area contributed by atoms with E-state index in [1.54, 1.807) is 0 Å². The number of amides is 1. The maximum atomic E-state index is 13.3. The topological polar surface area (TPSA) is 81.8 Å². The Morgan fingerprint density at radius 3 is 2.71 bits per heavy atom. The van der Waals surface area contributed by atoms with Crippen molar-refractivity contribution in [2.75, 3.05) is 6.54 Å².